The van der Waals surface area contributed by atoms with E-state index in [9.17, 15) is 4.79 Å². The predicted molar refractivity (Wildman–Crippen MR) is 107 cm³/mol. The first-order chi connectivity index (χ1) is 13.6. The molecule has 1 atom stereocenters. The highest BCUT2D eigenvalue weighted by atomic mass is 16.5. The summed E-state index contributed by atoms with van der Waals surface area (Å²) in [7, 11) is 3.80. The van der Waals surface area contributed by atoms with Crippen molar-refractivity contribution < 1.29 is 9.53 Å². The molecular formula is C22H28N4O2. The zero-order valence-electron chi connectivity index (χ0n) is 16.7. The molecule has 1 amide bonds. The maximum Gasteiger partial charge on any atom is 0.227 e. The van der Waals surface area contributed by atoms with Crippen molar-refractivity contribution in [3.05, 3.63) is 53.1 Å². The summed E-state index contributed by atoms with van der Waals surface area (Å²) in [6.45, 7) is 2.43. The van der Waals surface area contributed by atoms with E-state index >= 15 is 0 Å². The van der Waals surface area contributed by atoms with Crippen LogP contribution in [0.2, 0.25) is 0 Å². The van der Waals surface area contributed by atoms with E-state index < -0.39 is 0 Å². The van der Waals surface area contributed by atoms with Crippen LogP contribution < -0.4 is 4.74 Å². The van der Waals surface area contributed by atoms with Gasteiger partial charge in [-0.15, -0.1) is 0 Å². The minimum absolute atomic E-state index is 0.145. The van der Waals surface area contributed by atoms with E-state index in [4.69, 9.17) is 9.72 Å². The third kappa shape index (κ3) is 4.02. The van der Waals surface area contributed by atoms with Crippen LogP contribution in [0.15, 0.2) is 30.5 Å². The van der Waals surface area contributed by atoms with Crippen molar-refractivity contribution in [2.45, 2.75) is 44.7 Å². The molecule has 1 aromatic heterocycles. The zero-order chi connectivity index (χ0) is 19.5. The number of methoxy groups -OCH3 is 1. The lowest BCUT2D eigenvalue weighted by Gasteiger charge is -2.33. The van der Waals surface area contributed by atoms with Gasteiger partial charge in [-0.25, -0.2) is 9.97 Å². The smallest absolute Gasteiger partial charge is 0.227 e. The van der Waals surface area contributed by atoms with Crippen molar-refractivity contribution in [2.75, 3.05) is 27.2 Å². The molecule has 0 saturated carbocycles. The number of nitrogens with zero attached hydrogens (tertiary/aromatic N) is 4. The van der Waals surface area contributed by atoms with E-state index in [0.717, 1.165) is 54.3 Å². The molecule has 2 aliphatic rings. The van der Waals surface area contributed by atoms with Gasteiger partial charge in [-0.05, 0) is 44.1 Å². The second-order valence-electron chi connectivity index (χ2n) is 7.78. The Morgan fingerprint density at radius 3 is 2.79 bits per heavy atom. The van der Waals surface area contributed by atoms with Crippen molar-refractivity contribution in [2.24, 2.45) is 0 Å². The van der Waals surface area contributed by atoms with Gasteiger partial charge in [0.2, 0.25) is 5.91 Å². The highest BCUT2D eigenvalue weighted by molar-refractivity contribution is 5.79. The molecule has 3 heterocycles. The first kappa shape index (κ1) is 18.9. The highest BCUT2D eigenvalue weighted by Gasteiger charge is 2.26. The summed E-state index contributed by atoms with van der Waals surface area (Å²) >= 11 is 0. The molecule has 0 spiro atoms. The number of fused-ring (bicyclic) bond motifs is 1. The quantitative estimate of drug-likeness (QED) is 0.816. The molecule has 28 heavy (non-hydrogen) atoms. The van der Waals surface area contributed by atoms with Crippen molar-refractivity contribution >= 4 is 5.91 Å². The molecular weight excluding hydrogens is 352 g/mol. The number of amides is 1. The summed E-state index contributed by atoms with van der Waals surface area (Å²) in [4.78, 5) is 26.6. The summed E-state index contributed by atoms with van der Waals surface area (Å²) in [6.07, 6.45) is 6.77. The standard InChI is InChI=1S/C22H28N4O2/c1-25-11-4-3-5-20(25)22-23-14-17-15-26(12-10-19(17)24-22)21(27)13-16-6-8-18(28-2)9-7-16/h6-9,14,20H,3-5,10-13,15H2,1-2H3/t20-/m1/s1. The van der Waals surface area contributed by atoms with Crippen molar-refractivity contribution in [1.29, 1.82) is 0 Å². The Labute approximate surface area is 166 Å². The molecule has 2 aliphatic heterocycles. The number of benzene rings is 1. The van der Waals surface area contributed by atoms with E-state index in [1.54, 1.807) is 7.11 Å². The molecule has 6 nitrogen and oxygen atoms in total. The van der Waals surface area contributed by atoms with Crippen molar-refractivity contribution in [3.8, 4) is 5.75 Å². The molecule has 6 heteroatoms. The molecule has 0 unspecified atom stereocenters. The van der Waals surface area contributed by atoms with Gasteiger partial charge < -0.3 is 9.64 Å². The first-order valence-corrected chi connectivity index (χ1v) is 10.1. The summed E-state index contributed by atoms with van der Waals surface area (Å²) in [5, 5.41) is 0. The normalized spacial score (nSPS) is 19.9. The van der Waals surface area contributed by atoms with Crippen LogP contribution in [0, 0.1) is 0 Å². The largest absolute Gasteiger partial charge is 0.497 e. The summed E-state index contributed by atoms with van der Waals surface area (Å²) in [5.74, 6) is 1.89. The summed E-state index contributed by atoms with van der Waals surface area (Å²) in [6, 6.07) is 8.01. The molecule has 0 bridgehead atoms. The van der Waals surface area contributed by atoms with Crippen LogP contribution in [-0.4, -0.2) is 52.9 Å². The summed E-state index contributed by atoms with van der Waals surface area (Å²) in [5.41, 5.74) is 3.19. The number of likely N-dealkylation sites (tertiary alicyclic amines) is 1. The first-order valence-electron chi connectivity index (χ1n) is 10.1. The molecule has 1 saturated heterocycles. The molecule has 0 N–H and O–H groups in total. The predicted octanol–water partition coefficient (Wildman–Crippen LogP) is 2.77. The molecule has 1 fully saturated rings. The second kappa shape index (κ2) is 8.27. The Bertz CT molecular complexity index is 837. The van der Waals surface area contributed by atoms with Crippen LogP contribution in [-0.2, 0) is 24.2 Å². The zero-order valence-corrected chi connectivity index (χ0v) is 16.7. The lowest BCUT2D eigenvalue weighted by atomic mass is 10.0. The Morgan fingerprint density at radius 1 is 1.21 bits per heavy atom. The van der Waals surface area contributed by atoms with Gasteiger partial charge >= 0.3 is 0 Å². The Morgan fingerprint density at radius 2 is 2.04 bits per heavy atom. The van der Waals surface area contributed by atoms with Gasteiger partial charge in [-0.1, -0.05) is 18.6 Å². The lowest BCUT2D eigenvalue weighted by molar-refractivity contribution is -0.131. The fourth-order valence-corrected chi connectivity index (χ4v) is 4.14. The third-order valence-electron chi connectivity index (χ3n) is 5.89. The number of carbonyl (C=O) groups is 1. The molecule has 1 aromatic carbocycles. The van der Waals surface area contributed by atoms with E-state index in [-0.39, 0.29) is 5.91 Å². The average Bonchev–Trinajstić information content (AvgIpc) is 2.74. The van der Waals surface area contributed by atoms with Gasteiger partial charge in [0.15, 0.2) is 0 Å². The van der Waals surface area contributed by atoms with Crippen molar-refractivity contribution in [1.82, 2.24) is 19.8 Å². The number of carbonyl (C=O) groups excluding carboxylic acids is 1. The SMILES string of the molecule is COc1ccc(CC(=O)N2CCc3nc([C@H]4CCCCN4C)ncc3C2)cc1. The van der Waals surface area contributed by atoms with Gasteiger partial charge in [-0.2, -0.15) is 0 Å². The summed E-state index contributed by atoms with van der Waals surface area (Å²) < 4.78 is 5.18. The Hall–Kier alpha value is -2.47. The third-order valence-corrected chi connectivity index (χ3v) is 5.89. The molecule has 4 rings (SSSR count). The average molecular weight is 380 g/mol. The molecule has 148 valence electrons. The van der Waals surface area contributed by atoms with E-state index in [2.05, 4.69) is 16.9 Å². The Balaban J connectivity index is 1.42. The maximum atomic E-state index is 12.7. The number of hydrogen-bond acceptors (Lipinski definition) is 5. The van der Waals surface area contributed by atoms with E-state index in [0.29, 0.717) is 19.0 Å². The number of aromatic nitrogens is 2. The monoisotopic (exact) mass is 380 g/mol. The number of piperidine rings is 1. The number of rotatable bonds is 4. The second-order valence-corrected chi connectivity index (χ2v) is 7.78. The van der Waals surface area contributed by atoms with Crippen LogP contribution in [0.5, 0.6) is 5.75 Å². The van der Waals surface area contributed by atoms with Crippen LogP contribution in [0.3, 0.4) is 0 Å². The van der Waals surface area contributed by atoms with Crippen LogP contribution in [0.1, 0.15) is 47.9 Å². The van der Waals surface area contributed by atoms with Gasteiger partial charge in [0.25, 0.3) is 0 Å². The lowest BCUT2D eigenvalue weighted by Crippen LogP contribution is -2.38. The van der Waals surface area contributed by atoms with Crippen LogP contribution >= 0.6 is 0 Å². The molecule has 0 radical (unpaired) electrons. The molecule has 2 aromatic rings. The molecule has 0 aliphatic carbocycles. The van der Waals surface area contributed by atoms with Gasteiger partial charge in [-0.3, -0.25) is 9.69 Å². The minimum atomic E-state index is 0.145. The number of hydrogen-bond donors (Lipinski definition) is 0. The van der Waals surface area contributed by atoms with Crippen LogP contribution in [0.4, 0.5) is 0 Å². The van der Waals surface area contributed by atoms with Crippen LogP contribution in [0.25, 0.3) is 0 Å². The van der Waals surface area contributed by atoms with E-state index in [1.807, 2.05) is 35.4 Å². The van der Waals surface area contributed by atoms with E-state index in [1.165, 1.54) is 12.8 Å². The van der Waals surface area contributed by atoms with Crippen molar-refractivity contribution in [3.63, 3.8) is 0 Å². The maximum absolute atomic E-state index is 12.7. The van der Waals surface area contributed by atoms with Gasteiger partial charge in [0.05, 0.1) is 25.3 Å². The minimum Gasteiger partial charge on any atom is -0.497 e. The Kier molecular flexibility index (Phi) is 5.57. The fourth-order valence-electron chi connectivity index (χ4n) is 4.14. The van der Waals surface area contributed by atoms with Gasteiger partial charge in [0, 0.05) is 31.3 Å². The number of ether oxygens (including phenoxy) is 1. The van der Waals surface area contributed by atoms with Gasteiger partial charge in [0.1, 0.15) is 11.6 Å². The topological polar surface area (TPSA) is 58.6 Å². The fraction of sp³-hybridized carbons (Fsp3) is 0.500. The highest BCUT2D eigenvalue weighted by Crippen LogP contribution is 2.28.